The van der Waals surface area contributed by atoms with Crippen molar-refractivity contribution in [2.24, 2.45) is 11.8 Å². The highest BCUT2D eigenvalue weighted by Gasteiger charge is 2.27. The van der Waals surface area contributed by atoms with Crippen LogP contribution in [0.2, 0.25) is 0 Å². The van der Waals surface area contributed by atoms with Gasteiger partial charge in [0.1, 0.15) is 6.04 Å². The van der Waals surface area contributed by atoms with E-state index in [-0.39, 0.29) is 24.3 Å². The maximum absolute atomic E-state index is 12.2. The molecule has 1 saturated heterocycles. The van der Waals surface area contributed by atoms with Crippen LogP contribution >= 0.6 is 0 Å². The summed E-state index contributed by atoms with van der Waals surface area (Å²) in [5.41, 5.74) is 0. The van der Waals surface area contributed by atoms with Crippen LogP contribution in [0.25, 0.3) is 0 Å². The average molecular weight is 355 g/mol. The SMILES string of the molecule is CCCCC(NC(=O)CC1CCCN(C(=O)NCC(C)C)C1)C(=O)O. The maximum atomic E-state index is 12.2. The minimum absolute atomic E-state index is 0.0785. The van der Waals surface area contributed by atoms with Crippen LogP contribution in [-0.4, -0.2) is 53.6 Å². The first-order valence-electron chi connectivity index (χ1n) is 9.38. The van der Waals surface area contributed by atoms with Gasteiger partial charge in [0.05, 0.1) is 0 Å². The molecule has 144 valence electrons. The third-order valence-electron chi connectivity index (χ3n) is 4.42. The Hall–Kier alpha value is -1.79. The summed E-state index contributed by atoms with van der Waals surface area (Å²) in [4.78, 5) is 37.3. The monoisotopic (exact) mass is 355 g/mol. The number of hydrogen-bond donors (Lipinski definition) is 3. The summed E-state index contributed by atoms with van der Waals surface area (Å²) in [5, 5.41) is 14.7. The van der Waals surface area contributed by atoms with Crippen LogP contribution in [-0.2, 0) is 9.59 Å². The lowest BCUT2D eigenvalue weighted by Gasteiger charge is -2.33. The third kappa shape index (κ3) is 8.23. The van der Waals surface area contributed by atoms with Gasteiger partial charge in [-0.2, -0.15) is 0 Å². The quantitative estimate of drug-likeness (QED) is 0.590. The van der Waals surface area contributed by atoms with Crippen LogP contribution in [0, 0.1) is 11.8 Å². The van der Waals surface area contributed by atoms with Gasteiger partial charge in [-0.05, 0) is 31.1 Å². The van der Waals surface area contributed by atoms with Gasteiger partial charge in [-0.15, -0.1) is 0 Å². The molecule has 1 heterocycles. The zero-order chi connectivity index (χ0) is 18.8. The van der Waals surface area contributed by atoms with Crippen LogP contribution in [0.15, 0.2) is 0 Å². The normalized spacial score (nSPS) is 18.7. The molecule has 0 spiro atoms. The van der Waals surface area contributed by atoms with Crippen molar-refractivity contribution >= 4 is 17.9 Å². The van der Waals surface area contributed by atoms with Gasteiger partial charge in [-0.3, -0.25) is 4.79 Å². The van der Waals surface area contributed by atoms with Crippen molar-refractivity contribution in [2.45, 2.75) is 65.3 Å². The van der Waals surface area contributed by atoms with E-state index in [1.165, 1.54) is 0 Å². The highest BCUT2D eigenvalue weighted by atomic mass is 16.4. The second-order valence-electron chi connectivity index (χ2n) is 7.34. The molecule has 0 aromatic rings. The molecule has 25 heavy (non-hydrogen) atoms. The number of nitrogens with one attached hydrogen (secondary N) is 2. The van der Waals surface area contributed by atoms with Crippen molar-refractivity contribution in [3.8, 4) is 0 Å². The lowest BCUT2D eigenvalue weighted by Crippen LogP contribution is -2.47. The number of urea groups is 1. The fourth-order valence-corrected chi connectivity index (χ4v) is 3.00. The summed E-state index contributed by atoms with van der Waals surface area (Å²) < 4.78 is 0. The lowest BCUT2D eigenvalue weighted by atomic mass is 9.94. The predicted molar refractivity (Wildman–Crippen MR) is 96.2 cm³/mol. The van der Waals surface area contributed by atoms with Crippen LogP contribution < -0.4 is 10.6 Å². The molecule has 1 aliphatic rings. The topological polar surface area (TPSA) is 98.7 Å². The number of likely N-dealkylation sites (tertiary alicyclic amines) is 1. The van der Waals surface area contributed by atoms with Gasteiger partial charge in [0, 0.05) is 26.1 Å². The van der Waals surface area contributed by atoms with Crippen molar-refractivity contribution < 1.29 is 19.5 Å². The molecule has 0 radical (unpaired) electrons. The Morgan fingerprint density at radius 3 is 2.60 bits per heavy atom. The van der Waals surface area contributed by atoms with Crippen LogP contribution in [0.4, 0.5) is 4.79 Å². The first kappa shape index (κ1) is 21.3. The van der Waals surface area contributed by atoms with Gasteiger partial charge in [0.15, 0.2) is 0 Å². The molecular weight excluding hydrogens is 322 g/mol. The number of carboxylic acids is 1. The van der Waals surface area contributed by atoms with E-state index in [1.54, 1.807) is 4.90 Å². The molecule has 0 aromatic heterocycles. The Morgan fingerprint density at radius 2 is 2.00 bits per heavy atom. The van der Waals surface area contributed by atoms with Crippen LogP contribution in [0.5, 0.6) is 0 Å². The standard InChI is InChI=1S/C18H33N3O4/c1-4-5-8-15(17(23)24)20-16(22)10-14-7-6-9-21(12-14)18(25)19-11-13(2)3/h13-15H,4-12H2,1-3H3,(H,19,25)(H,20,22)(H,23,24). The second kappa shape index (κ2) is 10.9. The molecule has 0 aliphatic carbocycles. The number of rotatable bonds is 9. The number of carbonyl (C=O) groups is 3. The molecule has 0 saturated carbocycles. The number of unbranched alkanes of at least 4 members (excludes halogenated alkanes) is 1. The van der Waals surface area contributed by atoms with Crippen LogP contribution in [0.3, 0.4) is 0 Å². The molecular formula is C18H33N3O4. The minimum Gasteiger partial charge on any atom is -0.480 e. The summed E-state index contributed by atoms with van der Waals surface area (Å²) in [5.74, 6) is -0.747. The number of carboxylic acid groups (broad SMARTS) is 1. The first-order valence-corrected chi connectivity index (χ1v) is 9.38. The Balaban J connectivity index is 2.45. The Morgan fingerprint density at radius 1 is 1.28 bits per heavy atom. The Labute approximate surface area is 150 Å². The molecule has 3 amide bonds. The van der Waals surface area contributed by atoms with Gasteiger partial charge in [-0.25, -0.2) is 9.59 Å². The predicted octanol–water partition coefficient (Wildman–Crippen LogP) is 2.21. The van der Waals surface area contributed by atoms with Gasteiger partial charge < -0.3 is 20.6 Å². The molecule has 3 N–H and O–H groups in total. The van der Waals surface area contributed by atoms with E-state index >= 15 is 0 Å². The zero-order valence-electron chi connectivity index (χ0n) is 15.7. The molecule has 2 atom stereocenters. The average Bonchev–Trinajstić information content (AvgIpc) is 2.56. The van der Waals surface area contributed by atoms with E-state index in [0.717, 1.165) is 25.7 Å². The summed E-state index contributed by atoms with van der Waals surface area (Å²) in [6, 6.07) is -0.897. The maximum Gasteiger partial charge on any atom is 0.326 e. The summed E-state index contributed by atoms with van der Waals surface area (Å²) in [6.45, 7) is 7.96. The van der Waals surface area contributed by atoms with E-state index < -0.39 is 12.0 Å². The summed E-state index contributed by atoms with van der Waals surface area (Å²) >= 11 is 0. The molecule has 0 bridgehead atoms. The Kier molecular flexibility index (Phi) is 9.31. The summed E-state index contributed by atoms with van der Waals surface area (Å²) in [7, 11) is 0. The van der Waals surface area contributed by atoms with Gasteiger partial charge >= 0.3 is 12.0 Å². The molecule has 2 unspecified atom stereocenters. The zero-order valence-corrected chi connectivity index (χ0v) is 15.7. The number of aliphatic carboxylic acids is 1. The van der Waals surface area contributed by atoms with Gasteiger partial charge in [-0.1, -0.05) is 33.6 Å². The van der Waals surface area contributed by atoms with Crippen molar-refractivity contribution in [1.29, 1.82) is 0 Å². The van der Waals surface area contributed by atoms with E-state index in [1.807, 2.05) is 20.8 Å². The second-order valence-corrected chi connectivity index (χ2v) is 7.34. The highest BCUT2D eigenvalue weighted by Crippen LogP contribution is 2.20. The van der Waals surface area contributed by atoms with E-state index in [0.29, 0.717) is 32.0 Å². The van der Waals surface area contributed by atoms with Crippen molar-refractivity contribution in [3.05, 3.63) is 0 Å². The van der Waals surface area contributed by atoms with E-state index in [2.05, 4.69) is 10.6 Å². The number of nitrogens with zero attached hydrogens (tertiary/aromatic N) is 1. The largest absolute Gasteiger partial charge is 0.480 e. The fraction of sp³-hybridized carbons (Fsp3) is 0.833. The molecule has 1 rings (SSSR count). The number of hydrogen-bond acceptors (Lipinski definition) is 3. The number of piperidine rings is 1. The van der Waals surface area contributed by atoms with Crippen molar-refractivity contribution in [2.75, 3.05) is 19.6 Å². The number of amides is 3. The molecule has 7 nitrogen and oxygen atoms in total. The minimum atomic E-state index is -0.986. The van der Waals surface area contributed by atoms with Gasteiger partial charge in [0.25, 0.3) is 0 Å². The lowest BCUT2D eigenvalue weighted by molar-refractivity contribution is -0.142. The van der Waals surface area contributed by atoms with E-state index in [4.69, 9.17) is 0 Å². The summed E-state index contributed by atoms with van der Waals surface area (Å²) in [6.07, 6.45) is 4.13. The molecule has 7 heteroatoms. The van der Waals surface area contributed by atoms with Crippen molar-refractivity contribution in [3.63, 3.8) is 0 Å². The first-order chi connectivity index (χ1) is 11.8. The van der Waals surface area contributed by atoms with Crippen LogP contribution in [0.1, 0.15) is 59.3 Å². The highest BCUT2D eigenvalue weighted by molar-refractivity contribution is 5.83. The molecule has 1 aliphatic heterocycles. The molecule has 1 fully saturated rings. The van der Waals surface area contributed by atoms with E-state index in [9.17, 15) is 19.5 Å². The Bertz CT molecular complexity index is 454. The molecule has 0 aromatic carbocycles. The fourth-order valence-electron chi connectivity index (χ4n) is 3.00. The third-order valence-corrected chi connectivity index (χ3v) is 4.42. The smallest absolute Gasteiger partial charge is 0.326 e. The number of carbonyl (C=O) groups excluding carboxylic acids is 2. The van der Waals surface area contributed by atoms with Crippen molar-refractivity contribution in [1.82, 2.24) is 15.5 Å². The van der Waals surface area contributed by atoms with Gasteiger partial charge in [0.2, 0.25) is 5.91 Å².